The first kappa shape index (κ1) is 15.2. The molecule has 23 heavy (non-hydrogen) atoms. The number of aryl methyl sites for hydroxylation is 1. The average molecular weight is 331 g/mol. The Labute approximate surface area is 142 Å². The van der Waals surface area contributed by atoms with Crippen molar-refractivity contribution < 1.29 is 0 Å². The van der Waals surface area contributed by atoms with Crippen LogP contribution < -0.4 is 0 Å². The maximum atomic E-state index is 6.30. The van der Waals surface area contributed by atoms with Gasteiger partial charge in [0.25, 0.3) is 0 Å². The number of hydrogen-bond donors (Lipinski definition) is 0. The minimum atomic E-state index is 0.412. The van der Waals surface area contributed by atoms with Crippen LogP contribution in [0.4, 0.5) is 0 Å². The lowest BCUT2D eigenvalue weighted by atomic mass is 10.0. The molecule has 2 aromatic rings. The Kier molecular flexibility index (Phi) is 4.12. The fraction of sp³-hybridized carbons (Fsp3) is 0.556. The number of aromatic nitrogens is 3. The van der Waals surface area contributed by atoms with Gasteiger partial charge in [-0.3, -0.25) is 9.88 Å². The second-order valence-corrected chi connectivity index (χ2v) is 7.13. The highest BCUT2D eigenvalue weighted by atomic mass is 35.5. The van der Waals surface area contributed by atoms with E-state index in [0.29, 0.717) is 6.04 Å². The predicted molar refractivity (Wildman–Crippen MR) is 91.5 cm³/mol. The summed E-state index contributed by atoms with van der Waals surface area (Å²) in [4.78, 5) is 11.6. The van der Waals surface area contributed by atoms with Gasteiger partial charge in [0.15, 0.2) is 0 Å². The summed E-state index contributed by atoms with van der Waals surface area (Å²) in [5.74, 6) is 1.25. The average Bonchev–Trinajstić information content (AvgIpc) is 3.14. The third-order valence-corrected chi connectivity index (χ3v) is 5.64. The van der Waals surface area contributed by atoms with Gasteiger partial charge in [0.2, 0.25) is 0 Å². The monoisotopic (exact) mass is 330 g/mol. The van der Waals surface area contributed by atoms with Crippen LogP contribution in [-0.4, -0.2) is 26.0 Å². The Morgan fingerprint density at radius 2 is 2.13 bits per heavy atom. The van der Waals surface area contributed by atoms with E-state index < -0.39 is 0 Å². The van der Waals surface area contributed by atoms with E-state index >= 15 is 0 Å². The van der Waals surface area contributed by atoms with Crippen LogP contribution in [0.2, 0.25) is 5.02 Å². The van der Waals surface area contributed by atoms with Gasteiger partial charge < -0.3 is 4.57 Å². The van der Waals surface area contributed by atoms with Crippen LogP contribution in [0.25, 0.3) is 0 Å². The number of imidazole rings is 1. The number of rotatable bonds is 3. The smallest absolute Gasteiger partial charge is 0.126 e. The third kappa shape index (κ3) is 2.79. The zero-order valence-corrected chi connectivity index (χ0v) is 14.4. The lowest BCUT2D eigenvalue weighted by Gasteiger charge is -2.24. The zero-order valence-electron chi connectivity index (χ0n) is 13.6. The van der Waals surface area contributed by atoms with E-state index in [9.17, 15) is 0 Å². The van der Waals surface area contributed by atoms with E-state index in [1.165, 1.54) is 49.3 Å². The molecule has 0 amide bonds. The standard InChI is InChI=1S/C18H23ClN4/c1-22-16-6-3-2-5-15(16)21-18(22)17-7-4-10-23(17)12-13-8-9-20-11-14(13)19/h8-9,11,17H,2-7,10,12H2,1H3. The highest BCUT2D eigenvalue weighted by Gasteiger charge is 2.31. The summed E-state index contributed by atoms with van der Waals surface area (Å²) in [6, 6.07) is 2.44. The van der Waals surface area contributed by atoms with Gasteiger partial charge >= 0.3 is 0 Å². The van der Waals surface area contributed by atoms with E-state index in [-0.39, 0.29) is 0 Å². The highest BCUT2D eigenvalue weighted by molar-refractivity contribution is 6.31. The van der Waals surface area contributed by atoms with Crippen molar-refractivity contribution in [3.05, 3.63) is 46.3 Å². The quantitative estimate of drug-likeness (QED) is 0.860. The van der Waals surface area contributed by atoms with Crippen molar-refractivity contribution in [2.24, 2.45) is 7.05 Å². The first-order valence-corrected chi connectivity index (χ1v) is 8.98. The number of hydrogen-bond acceptors (Lipinski definition) is 3. The van der Waals surface area contributed by atoms with Crippen molar-refractivity contribution in [2.45, 2.75) is 51.1 Å². The van der Waals surface area contributed by atoms with Crippen molar-refractivity contribution in [3.63, 3.8) is 0 Å². The number of nitrogens with zero attached hydrogens (tertiary/aromatic N) is 4. The molecule has 1 aliphatic heterocycles. The molecule has 1 saturated heterocycles. The molecule has 1 aliphatic carbocycles. The van der Waals surface area contributed by atoms with Gasteiger partial charge in [-0.15, -0.1) is 0 Å². The fourth-order valence-electron chi connectivity index (χ4n) is 4.06. The lowest BCUT2D eigenvalue weighted by molar-refractivity contribution is 0.236. The second-order valence-electron chi connectivity index (χ2n) is 6.73. The summed E-state index contributed by atoms with van der Waals surface area (Å²) in [6.45, 7) is 1.99. The van der Waals surface area contributed by atoms with Gasteiger partial charge in [-0.2, -0.15) is 0 Å². The molecule has 4 rings (SSSR count). The fourth-order valence-corrected chi connectivity index (χ4v) is 4.24. The molecule has 1 unspecified atom stereocenters. The number of fused-ring (bicyclic) bond motifs is 1. The van der Waals surface area contributed by atoms with Crippen molar-refractivity contribution in [1.82, 2.24) is 19.4 Å². The van der Waals surface area contributed by atoms with Gasteiger partial charge in [-0.25, -0.2) is 4.98 Å². The summed E-state index contributed by atoms with van der Waals surface area (Å²) in [6.07, 6.45) is 10.9. The van der Waals surface area contributed by atoms with Crippen molar-refractivity contribution in [1.29, 1.82) is 0 Å². The molecule has 0 aromatic carbocycles. The van der Waals surface area contributed by atoms with E-state index in [1.807, 2.05) is 12.3 Å². The molecule has 0 saturated carbocycles. The Balaban J connectivity index is 1.61. The third-order valence-electron chi connectivity index (χ3n) is 5.30. The minimum absolute atomic E-state index is 0.412. The Bertz CT molecular complexity index is 709. The number of pyridine rings is 1. The summed E-state index contributed by atoms with van der Waals surface area (Å²) in [5.41, 5.74) is 3.95. The predicted octanol–water partition coefficient (Wildman–Crippen LogP) is 3.68. The van der Waals surface area contributed by atoms with Crippen LogP contribution in [0, 0.1) is 0 Å². The maximum absolute atomic E-state index is 6.30. The first-order chi connectivity index (χ1) is 11.2. The van der Waals surface area contributed by atoms with Gasteiger partial charge in [0.1, 0.15) is 5.82 Å². The summed E-state index contributed by atoms with van der Waals surface area (Å²) in [5, 5.41) is 0.761. The van der Waals surface area contributed by atoms with Gasteiger partial charge in [0, 0.05) is 31.7 Å². The Morgan fingerprint density at radius 3 is 2.96 bits per heavy atom. The first-order valence-electron chi connectivity index (χ1n) is 8.61. The maximum Gasteiger partial charge on any atom is 0.126 e. The van der Waals surface area contributed by atoms with Crippen LogP contribution >= 0.6 is 11.6 Å². The van der Waals surface area contributed by atoms with Gasteiger partial charge in [-0.1, -0.05) is 11.6 Å². The number of likely N-dealkylation sites (tertiary alicyclic amines) is 1. The van der Waals surface area contributed by atoms with E-state index in [1.54, 1.807) is 6.20 Å². The van der Waals surface area contributed by atoms with Gasteiger partial charge in [0.05, 0.1) is 16.8 Å². The Hall–Kier alpha value is -1.39. The van der Waals surface area contributed by atoms with Crippen molar-refractivity contribution >= 4 is 11.6 Å². The largest absolute Gasteiger partial charge is 0.334 e. The molecule has 2 aromatic heterocycles. The highest BCUT2D eigenvalue weighted by Crippen LogP contribution is 2.35. The van der Waals surface area contributed by atoms with E-state index in [4.69, 9.17) is 16.6 Å². The summed E-state index contributed by atoms with van der Waals surface area (Å²) in [7, 11) is 2.20. The molecule has 0 radical (unpaired) electrons. The van der Waals surface area contributed by atoms with Crippen molar-refractivity contribution in [2.75, 3.05) is 6.54 Å². The van der Waals surface area contributed by atoms with Crippen molar-refractivity contribution in [3.8, 4) is 0 Å². The van der Waals surface area contributed by atoms with Gasteiger partial charge in [-0.05, 0) is 56.7 Å². The van der Waals surface area contributed by atoms with Crippen LogP contribution in [0.1, 0.15) is 54.5 Å². The molecule has 0 bridgehead atoms. The topological polar surface area (TPSA) is 34.0 Å². The number of halogens is 1. The van der Waals surface area contributed by atoms with Crippen LogP contribution in [0.5, 0.6) is 0 Å². The molecule has 0 N–H and O–H groups in total. The molecule has 4 nitrogen and oxygen atoms in total. The normalized spacial score (nSPS) is 21.6. The molecule has 5 heteroatoms. The second kappa shape index (κ2) is 6.25. The van der Waals surface area contributed by atoms with E-state index in [2.05, 4.69) is 21.5 Å². The lowest BCUT2D eigenvalue weighted by Crippen LogP contribution is -2.25. The summed E-state index contributed by atoms with van der Waals surface area (Å²) < 4.78 is 2.37. The minimum Gasteiger partial charge on any atom is -0.334 e. The molecule has 0 spiro atoms. The zero-order chi connectivity index (χ0) is 15.8. The van der Waals surface area contributed by atoms with E-state index in [0.717, 1.165) is 30.1 Å². The molecule has 1 atom stereocenters. The van der Waals surface area contributed by atoms with Crippen LogP contribution in [0.3, 0.4) is 0 Å². The SMILES string of the molecule is Cn1c(C2CCCN2Cc2ccncc2Cl)nc2c1CCCC2. The molecule has 3 heterocycles. The molecular weight excluding hydrogens is 308 g/mol. The van der Waals surface area contributed by atoms with Crippen LogP contribution in [0.15, 0.2) is 18.5 Å². The Morgan fingerprint density at radius 1 is 1.26 bits per heavy atom. The molecular formula is C18H23ClN4. The summed E-state index contributed by atoms with van der Waals surface area (Å²) >= 11 is 6.30. The molecule has 2 aliphatic rings. The molecule has 1 fully saturated rings. The molecule has 122 valence electrons. The van der Waals surface area contributed by atoms with Crippen LogP contribution in [-0.2, 0) is 26.4 Å².